The number of hydrogen-bond acceptors (Lipinski definition) is 2. The van der Waals surface area contributed by atoms with E-state index in [0.29, 0.717) is 6.54 Å². The van der Waals surface area contributed by atoms with Crippen LogP contribution in [0, 0.1) is 6.42 Å². The van der Waals surface area contributed by atoms with Gasteiger partial charge in [0.1, 0.15) is 0 Å². The highest BCUT2D eigenvalue weighted by Gasteiger charge is 2.35. The number of hydrogen-bond donors (Lipinski definition) is 0. The van der Waals surface area contributed by atoms with E-state index in [4.69, 9.17) is 0 Å². The third-order valence-corrected chi connectivity index (χ3v) is 3.73. The van der Waals surface area contributed by atoms with Gasteiger partial charge in [0, 0.05) is 12.1 Å². The summed E-state index contributed by atoms with van der Waals surface area (Å²) in [5, 5.41) is 0. The van der Waals surface area contributed by atoms with Gasteiger partial charge in [-0.15, -0.1) is 0 Å². The highest BCUT2D eigenvalue weighted by Crippen LogP contribution is 2.28. The summed E-state index contributed by atoms with van der Waals surface area (Å²) in [5.74, 6) is 0. The van der Waals surface area contributed by atoms with Crippen LogP contribution in [0.5, 0.6) is 0 Å². The van der Waals surface area contributed by atoms with Crippen LogP contribution < -0.4 is 0 Å². The van der Waals surface area contributed by atoms with Crippen LogP contribution in [0.4, 0.5) is 0 Å². The Morgan fingerprint density at radius 3 is 2.33 bits per heavy atom. The van der Waals surface area contributed by atoms with Gasteiger partial charge in [0.2, 0.25) is 10.0 Å². The number of nitrogens with zero attached hydrogens (tertiary/aromatic N) is 1. The molecule has 1 saturated heterocycles. The summed E-state index contributed by atoms with van der Waals surface area (Å²) >= 11 is 0. The first kappa shape index (κ1) is 9.99. The van der Waals surface area contributed by atoms with E-state index in [0.717, 1.165) is 12.8 Å². The lowest BCUT2D eigenvalue weighted by Crippen LogP contribution is -2.50. The number of sulfonamides is 1. The molecule has 1 rings (SSSR count). The first-order valence-electron chi connectivity index (χ1n) is 4.13. The molecule has 1 aliphatic rings. The molecule has 0 aliphatic carbocycles. The van der Waals surface area contributed by atoms with E-state index in [1.165, 1.54) is 6.26 Å². The third-order valence-electron chi connectivity index (χ3n) is 2.26. The Labute approximate surface area is 74.8 Å². The van der Waals surface area contributed by atoms with Crippen LogP contribution in [0.2, 0.25) is 0 Å². The zero-order chi connectivity index (χ0) is 9.41. The predicted octanol–water partition coefficient (Wildman–Crippen LogP) is 1.02. The highest BCUT2D eigenvalue weighted by molar-refractivity contribution is 7.88. The molecule has 1 aliphatic heterocycles. The van der Waals surface area contributed by atoms with Gasteiger partial charge in [-0.1, -0.05) is 0 Å². The second-order valence-electron chi connectivity index (χ2n) is 3.93. The van der Waals surface area contributed by atoms with E-state index in [1.54, 1.807) is 4.31 Å². The Hall–Kier alpha value is -0.0900. The van der Waals surface area contributed by atoms with Crippen molar-refractivity contribution in [3.63, 3.8) is 0 Å². The van der Waals surface area contributed by atoms with Crippen molar-refractivity contribution in [2.45, 2.75) is 32.2 Å². The smallest absolute Gasteiger partial charge is 0.211 e. The van der Waals surface area contributed by atoms with E-state index in [-0.39, 0.29) is 5.54 Å². The number of piperidine rings is 1. The Bertz CT molecular complexity index is 256. The van der Waals surface area contributed by atoms with Crippen molar-refractivity contribution in [2.24, 2.45) is 0 Å². The van der Waals surface area contributed by atoms with Gasteiger partial charge in [0.05, 0.1) is 6.26 Å². The Morgan fingerprint density at radius 1 is 1.42 bits per heavy atom. The lowest BCUT2D eigenvalue weighted by molar-refractivity contribution is 0.200. The molecule has 0 aromatic rings. The fraction of sp³-hybridized carbons (Fsp3) is 0.875. The normalized spacial score (nSPS) is 25.6. The average molecular weight is 190 g/mol. The van der Waals surface area contributed by atoms with E-state index in [2.05, 4.69) is 6.42 Å². The van der Waals surface area contributed by atoms with Crippen LogP contribution in [-0.4, -0.2) is 31.1 Å². The monoisotopic (exact) mass is 190 g/mol. The van der Waals surface area contributed by atoms with Gasteiger partial charge in [-0.2, -0.15) is 4.31 Å². The molecule has 0 N–H and O–H groups in total. The summed E-state index contributed by atoms with van der Waals surface area (Å²) in [4.78, 5) is 0. The molecule has 4 heteroatoms. The summed E-state index contributed by atoms with van der Waals surface area (Å²) < 4.78 is 24.2. The topological polar surface area (TPSA) is 37.4 Å². The molecule has 0 atom stereocenters. The maximum absolute atomic E-state index is 11.3. The molecular formula is C8H16NO2S. The summed E-state index contributed by atoms with van der Waals surface area (Å²) in [7, 11) is -3.02. The molecule has 0 unspecified atom stereocenters. The van der Waals surface area contributed by atoms with Crippen molar-refractivity contribution in [2.75, 3.05) is 12.8 Å². The van der Waals surface area contributed by atoms with Gasteiger partial charge >= 0.3 is 0 Å². The molecule has 3 nitrogen and oxygen atoms in total. The maximum atomic E-state index is 11.3. The molecule has 1 heterocycles. The molecule has 0 spiro atoms. The molecular weight excluding hydrogens is 174 g/mol. The molecule has 0 saturated carbocycles. The second-order valence-corrected chi connectivity index (χ2v) is 5.84. The number of rotatable bonds is 1. The molecule has 71 valence electrons. The minimum Gasteiger partial charge on any atom is -0.212 e. The quantitative estimate of drug-likeness (QED) is 0.619. The van der Waals surface area contributed by atoms with Gasteiger partial charge in [0.15, 0.2) is 0 Å². The zero-order valence-electron chi connectivity index (χ0n) is 7.87. The maximum Gasteiger partial charge on any atom is 0.211 e. The Kier molecular flexibility index (Phi) is 2.50. The minimum atomic E-state index is -3.02. The van der Waals surface area contributed by atoms with Crippen molar-refractivity contribution >= 4 is 10.0 Å². The van der Waals surface area contributed by atoms with Crippen LogP contribution in [0.1, 0.15) is 26.7 Å². The van der Waals surface area contributed by atoms with Gasteiger partial charge in [0.25, 0.3) is 0 Å². The first-order valence-corrected chi connectivity index (χ1v) is 5.98. The van der Waals surface area contributed by atoms with Crippen molar-refractivity contribution in [1.29, 1.82) is 0 Å². The zero-order valence-corrected chi connectivity index (χ0v) is 8.69. The molecule has 1 fully saturated rings. The lowest BCUT2D eigenvalue weighted by atomic mass is 9.93. The van der Waals surface area contributed by atoms with Crippen molar-refractivity contribution in [3.05, 3.63) is 6.42 Å². The molecule has 1 radical (unpaired) electrons. The average Bonchev–Trinajstić information content (AvgIpc) is 1.83. The molecule has 0 amide bonds. The van der Waals surface area contributed by atoms with Gasteiger partial charge in [-0.3, -0.25) is 0 Å². The molecule has 0 aromatic carbocycles. The summed E-state index contributed by atoms with van der Waals surface area (Å²) in [6.45, 7) is 4.55. The largest absolute Gasteiger partial charge is 0.212 e. The van der Waals surface area contributed by atoms with Crippen molar-refractivity contribution in [3.8, 4) is 0 Å². The third kappa shape index (κ3) is 1.98. The van der Waals surface area contributed by atoms with E-state index in [1.807, 2.05) is 13.8 Å². The fourth-order valence-corrected chi connectivity index (χ4v) is 3.09. The van der Waals surface area contributed by atoms with Crippen LogP contribution in [0.25, 0.3) is 0 Å². The van der Waals surface area contributed by atoms with Crippen LogP contribution in [0.15, 0.2) is 0 Å². The van der Waals surface area contributed by atoms with E-state index >= 15 is 0 Å². The summed E-state index contributed by atoms with van der Waals surface area (Å²) in [6, 6.07) is 0. The van der Waals surface area contributed by atoms with Crippen LogP contribution >= 0.6 is 0 Å². The standard InChI is InChI=1S/C8H16NO2S/c1-8(2)6-4-5-7-9(8)12(3,10)11/h4H,5-7H2,1-3H3. The van der Waals surface area contributed by atoms with E-state index in [9.17, 15) is 8.42 Å². The predicted molar refractivity (Wildman–Crippen MR) is 49.2 cm³/mol. The minimum absolute atomic E-state index is 0.230. The van der Waals surface area contributed by atoms with Crippen LogP contribution in [-0.2, 0) is 10.0 Å². The second kappa shape index (κ2) is 3.00. The Balaban J connectivity index is 2.88. The fourth-order valence-electron chi connectivity index (χ4n) is 1.68. The van der Waals surface area contributed by atoms with Crippen molar-refractivity contribution < 1.29 is 8.42 Å². The summed E-state index contributed by atoms with van der Waals surface area (Å²) in [6.07, 6.45) is 5.15. The van der Waals surface area contributed by atoms with Gasteiger partial charge in [-0.05, 0) is 33.1 Å². The highest BCUT2D eigenvalue weighted by atomic mass is 32.2. The molecule has 0 bridgehead atoms. The Morgan fingerprint density at radius 2 is 2.00 bits per heavy atom. The van der Waals surface area contributed by atoms with E-state index < -0.39 is 10.0 Å². The first-order chi connectivity index (χ1) is 5.34. The van der Waals surface area contributed by atoms with Gasteiger partial charge in [-0.25, -0.2) is 8.42 Å². The summed E-state index contributed by atoms with van der Waals surface area (Å²) in [5.41, 5.74) is -0.230. The van der Waals surface area contributed by atoms with Crippen molar-refractivity contribution in [1.82, 2.24) is 4.31 Å². The van der Waals surface area contributed by atoms with Crippen LogP contribution in [0.3, 0.4) is 0 Å². The molecule has 12 heavy (non-hydrogen) atoms. The SMILES string of the molecule is CC1(C)C[CH]CCN1S(C)(=O)=O. The molecule has 0 aromatic heterocycles. The lowest BCUT2D eigenvalue weighted by Gasteiger charge is -2.40. The van der Waals surface area contributed by atoms with Gasteiger partial charge < -0.3 is 0 Å².